The van der Waals surface area contributed by atoms with E-state index >= 15 is 0 Å². The standard InChI is InChI=1S/C17H19FI.C10H14.C7H6FI.ClH/c1-12-11-14(18)7-10-16(12)19-15-8-5-13(6-9-15)17(2,3)4;1-10(2,3)9-7-5-4-6-8-9;1-5-4-6(8)2-3-7(5)9;/h5-11H,1-4H3;4-8H,1-3H3;2-4H,1H3;1H/q+1;;;/p-1. The molecular weight excluding hydrogens is 736 g/mol. The van der Waals surface area contributed by atoms with Crippen LogP contribution >= 0.6 is 22.6 Å². The summed E-state index contributed by atoms with van der Waals surface area (Å²) in [5.74, 6) is -0.304. The average molecular weight is 775 g/mol. The summed E-state index contributed by atoms with van der Waals surface area (Å²) in [6.07, 6.45) is 0. The zero-order valence-electron chi connectivity index (χ0n) is 24.1. The van der Waals surface area contributed by atoms with E-state index in [-0.39, 0.29) is 50.7 Å². The van der Waals surface area contributed by atoms with Gasteiger partial charge in [0.1, 0.15) is 11.6 Å². The van der Waals surface area contributed by atoms with Gasteiger partial charge in [-0.15, -0.1) is 0 Å². The Morgan fingerprint density at radius 3 is 1.46 bits per heavy atom. The summed E-state index contributed by atoms with van der Waals surface area (Å²) in [5, 5.41) is 0. The molecule has 0 heterocycles. The summed E-state index contributed by atoms with van der Waals surface area (Å²) in [6, 6.07) is 29.3. The molecule has 210 valence electrons. The van der Waals surface area contributed by atoms with E-state index in [4.69, 9.17) is 0 Å². The highest BCUT2D eigenvalue weighted by Crippen LogP contribution is 2.21. The lowest BCUT2D eigenvalue weighted by molar-refractivity contribution is -0.598. The van der Waals surface area contributed by atoms with E-state index in [0.717, 1.165) is 14.7 Å². The highest BCUT2D eigenvalue weighted by Gasteiger charge is 2.20. The molecule has 0 saturated heterocycles. The quantitative estimate of drug-likeness (QED) is 0.267. The summed E-state index contributed by atoms with van der Waals surface area (Å²) >= 11 is 1.95. The van der Waals surface area contributed by atoms with Crippen molar-refractivity contribution in [2.45, 2.75) is 66.2 Å². The molecule has 0 fully saturated rings. The van der Waals surface area contributed by atoms with Crippen molar-refractivity contribution < 1.29 is 42.4 Å². The van der Waals surface area contributed by atoms with Gasteiger partial charge in [0.2, 0.25) is 0 Å². The zero-order chi connectivity index (χ0) is 28.5. The van der Waals surface area contributed by atoms with Crippen molar-refractivity contribution in [3.05, 3.63) is 136 Å². The molecule has 0 N–H and O–H groups in total. The molecule has 4 rings (SSSR count). The van der Waals surface area contributed by atoms with Crippen molar-refractivity contribution >= 4 is 22.6 Å². The molecule has 0 unspecified atom stereocenters. The van der Waals surface area contributed by atoms with Crippen molar-refractivity contribution in [2.24, 2.45) is 0 Å². The Bertz CT molecular complexity index is 1290. The van der Waals surface area contributed by atoms with Crippen LogP contribution in [-0.2, 0) is 10.8 Å². The second-order valence-electron chi connectivity index (χ2n) is 11.3. The summed E-state index contributed by atoms with van der Waals surface area (Å²) in [4.78, 5) is 0. The predicted octanol–water partition coefficient (Wildman–Crippen LogP) is 4.29. The first-order valence-electron chi connectivity index (χ1n) is 12.7. The zero-order valence-corrected chi connectivity index (χ0v) is 29.1. The summed E-state index contributed by atoms with van der Waals surface area (Å²) in [5.41, 5.74) is 5.30. The fraction of sp³-hybridized carbons (Fsp3) is 0.294. The van der Waals surface area contributed by atoms with Crippen LogP contribution < -0.4 is 33.6 Å². The molecule has 4 aromatic rings. The molecule has 0 bridgehead atoms. The van der Waals surface area contributed by atoms with Gasteiger partial charge in [0, 0.05) is 9.13 Å². The van der Waals surface area contributed by atoms with Crippen LogP contribution in [0, 0.1) is 36.2 Å². The van der Waals surface area contributed by atoms with E-state index in [1.165, 1.54) is 30.4 Å². The lowest BCUT2D eigenvalue weighted by atomic mass is 9.87. The molecule has 0 radical (unpaired) electrons. The molecular formula is C34H39ClF2I2. The fourth-order valence-electron chi connectivity index (χ4n) is 3.39. The molecule has 5 heteroatoms. The number of rotatable bonds is 2. The van der Waals surface area contributed by atoms with E-state index in [0.29, 0.717) is 5.41 Å². The molecule has 0 aliphatic heterocycles. The van der Waals surface area contributed by atoms with Crippen molar-refractivity contribution in [3.63, 3.8) is 0 Å². The topological polar surface area (TPSA) is 0 Å². The third-order valence-corrected chi connectivity index (χ3v) is 10.1. The Hall–Kier alpha value is -1.51. The van der Waals surface area contributed by atoms with Gasteiger partial charge in [-0.2, -0.15) is 0 Å². The van der Waals surface area contributed by atoms with Crippen LogP contribution in [0.3, 0.4) is 0 Å². The van der Waals surface area contributed by atoms with Gasteiger partial charge in [0.15, 0.2) is 7.14 Å². The maximum Gasteiger partial charge on any atom is 0.358 e. The molecule has 39 heavy (non-hydrogen) atoms. The summed E-state index contributed by atoms with van der Waals surface area (Å²) in [7, 11) is 0. The maximum atomic E-state index is 13.1. The van der Waals surface area contributed by atoms with Crippen LogP contribution in [0.2, 0.25) is 0 Å². The van der Waals surface area contributed by atoms with Crippen LogP contribution in [0.1, 0.15) is 63.8 Å². The molecule has 4 aromatic carbocycles. The van der Waals surface area contributed by atoms with E-state index < -0.39 is 0 Å². The Balaban J connectivity index is 0.000000321. The molecule has 0 aliphatic rings. The smallest absolute Gasteiger partial charge is 0.358 e. The molecule has 0 spiro atoms. The maximum absolute atomic E-state index is 13.1. The third kappa shape index (κ3) is 12.7. The summed E-state index contributed by atoms with van der Waals surface area (Å²) < 4.78 is 29.2. The van der Waals surface area contributed by atoms with Crippen LogP contribution in [0.5, 0.6) is 0 Å². The molecule has 0 saturated carbocycles. The van der Waals surface area contributed by atoms with E-state index in [9.17, 15) is 8.78 Å². The van der Waals surface area contributed by atoms with Gasteiger partial charge in [-0.05, 0) is 112 Å². The molecule has 0 aliphatic carbocycles. The van der Waals surface area contributed by atoms with Gasteiger partial charge in [-0.3, -0.25) is 0 Å². The van der Waals surface area contributed by atoms with E-state index in [1.54, 1.807) is 18.2 Å². The van der Waals surface area contributed by atoms with Crippen molar-refractivity contribution in [1.29, 1.82) is 0 Å². The van der Waals surface area contributed by atoms with Crippen LogP contribution in [-0.4, -0.2) is 0 Å². The van der Waals surface area contributed by atoms with Crippen molar-refractivity contribution in [1.82, 2.24) is 0 Å². The Kier molecular flexibility index (Phi) is 14.6. The van der Waals surface area contributed by atoms with Gasteiger partial charge in [-0.25, -0.2) is 8.78 Å². The van der Waals surface area contributed by atoms with Crippen LogP contribution in [0.15, 0.2) is 91.0 Å². The van der Waals surface area contributed by atoms with Gasteiger partial charge < -0.3 is 12.4 Å². The van der Waals surface area contributed by atoms with Crippen LogP contribution in [0.25, 0.3) is 0 Å². The third-order valence-electron chi connectivity index (χ3n) is 5.80. The van der Waals surface area contributed by atoms with Gasteiger partial charge >= 0.3 is 21.2 Å². The minimum Gasteiger partial charge on any atom is -1.00 e. The van der Waals surface area contributed by atoms with Crippen molar-refractivity contribution in [3.8, 4) is 0 Å². The SMILES string of the molecule is CC(C)(C)c1ccccc1.Cc1cc(F)ccc1I.Cc1cc(F)ccc1[I+]c1ccc(C(C)(C)C)cc1.[Cl-]. The predicted molar refractivity (Wildman–Crippen MR) is 163 cm³/mol. The number of halogens is 5. The number of hydrogen-bond acceptors (Lipinski definition) is 0. The Morgan fingerprint density at radius 1 is 0.590 bits per heavy atom. The normalized spacial score (nSPS) is 10.8. The first kappa shape index (κ1) is 35.5. The lowest BCUT2D eigenvalue weighted by Gasteiger charge is -2.18. The second kappa shape index (κ2) is 16.1. The average Bonchev–Trinajstić information content (AvgIpc) is 2.84. The lowest BCUT2D eigenvalue weighted by Crippen LogP contribution is -3.61. The summed E-state index contributed by atoms with van der Waals surface area (Å²) in [6.45, 7) is 17.2. The minimum absolute atomic E-state index is 0. The number of hydrogen-bond donors (Lipinski definition) is 0. The minimum atomic E-state index is -0.222. The molecule has 0 nitrogen and oxygen atoms in total. The van der Waals surface area contributed by atoms with Gasteiger partial charge in [0.25, 0.3) is 0 Å². The van der Waals surface area contributed by atoms with Crippen LogP contribution in [0.4, 0.5) is 8.78 Å². The van der Waals surface area contributed by atoms with Gasteiger partial charge in [0.05, 0.1) is 0 Å². The van der Waals surface area contributed by atoms with E-state index in [2.05, 4.69) is 119 Å². The highest BCUT2D eigenvalue weighted by molar-refractivity contribution is 14.1. The first-order chi connectivity index (χ1) is 17.7. The Labute approximate surface area is 264 Å². The number of benzene rings is 4. The van der Waals surface area contributed by atoms with Gasteiger partial charge in [-0.1, -0.05) is 84.0 Å². The first-order valence-corrected chi connectivity index (χ1v) is 15.9. The fourth-order valence-corrected chi connectivity index (χ4v) is 6.06. The second-order valence-corrected chi connectivity index (χ2v) is 15.4. The van der Waals surface area contributed by atoms with Crippen molar-refractivity contribution in [2.75, 3.05) is 0 Å². The number of aryl methyl sites for hydroxylation is 2. The highest BCUT2D eigenvalue weighted by atomic mass is 127. The molecule has 0 atom stereocenters. The largest absolute Gasteiger partial charge is 1.00 e. The Morgan fingerprint density at radius 2 is 1.05 bits per heavy atom. The molecule has 0 amide bonds. The monoisotopic (exact) mass is 774 g/mol. The molecule has 0 aromatic heterocycles. The van der Waals surface area contributed by atoms with E-state index in [1.807, 2.05) is 19.9 Å².